The van der Waals surface area contributed by atoms with Crippen LogP contribution >= 0.6 is 15.9 Å². The van der Waals surface area contributed by atoms with Gasteiger partial charge in [0.05, 0.1) is 17.3 Å². The summed E-state index contributed by atoms with van der Waals surface area (Å²) < 4.78 is 1.58. The zero-order valence-electron chi connectivity index (χ0n) is 20.2. The van der Waals surface area contributed by atoms with Crippen molar-refractivity contribution in [1.29, 1.82) is 5.26 Å². The van der Waals surface area contributed by atoms with Gasteiger partial charge in [0, 0.05) is 42.9 Å². The van der Waals surface area contributed by atoms with Gasteiger partial charge in [0.15, 0.2) is 0 Å². The molecule has 3 aromatic heterocycles. The van der Waals surface area contributed by atoms with Crippen LogP contribution in [-0.4, -0.2) is 44.2 Å². The van der Waals surface area contributed by atoms with Crippen LogP contribution in [0.15, 0.2) is 59.7 Å². The van der Waals surface area contributed by atoms with Crippen molar-refractivity contribution in [3.05, 3.63) is 82.0 Å². The van der Waals surface area contributed by atoms with E-state index in [0.29, 0.717) is 19.4 Å². The number of piperidine rings is 1. The summed E-state index contributed by atoms with van der Waals surface area (Å²) in [4.78, 5) is 33.5. The number of carbonyl (C=O) groups excluding carboxylic acids is 1. The molecule has 5 rings (SSSR count). The molecule has 36 heavy (non-hydrogen) atoms. The van der Waals surface area contributed by atoms with Gasteiger partial charge >= 0.3 is 0 Å². The van der Waals surface area contributed by atoms with E-state index >= 15 is 0 Å². The van der Waals surface area contributed by atoms with Gasteiger partial charge in [-0.15, -0.1) is 0 Å². The van der Waals surface area contributed by atoms with Crippen molar-refractivity contribution in [2.75, 3.05) is 13.1 Å². The standard InChI is InChI=1S/C28H30BrN5O2/c29-22-7-1-2-8-23(22)32-26(35)21-17-20(24-9-4-6-14-34(24)27(21)36)18-33-15-11-28(19-30,12-16-33)25-10-3-5-13-31-25/h3-6,9-10,13-14,17,22-23H,1-2,7-8,11-12,15-16,18H2,(H,32,35)/t22-,23-/m1/s1. The minimum Gasteiger partial charge on any atom is -0.348 e. The molecular weight excluding hydrogens is 518 g/mol. The summed E-state index contributed by atoms with van der Waals surface area (Å²) in [5, 5.41) is 13.1. The number of pyridine rings is 3. The zero-order valence-corrected chi connectivity index (χ0v) is 21.8. The third-order valence-electron chi connectivity index (χ3n) is 7.67. The number of hydrogen-bond acceptors (Lipinski definition) is 5. The smallest absolute Gasteiger partial charge is 0.267 e. The minimum absolute atomic E-state index is 0.0263. The summed E-state index contributed by atoms with van der Waals surface area (Å²) >= 11 is 3.69. The Hall–Kier alpha value is -3.02. The maximum absolute atomic E-state index is 13.3. The van der Waals surface area contributed by atoms with Gasteiger partial charge in [0.2, 0.25) is 0 Å². The summed E-state index contributed by atoms with van der Waals surface area (Å²) in [5.41, 5.74) is 1.86. The lowest BCUT2D eigenvalue weighted by Gasteiger charge is -2.37. The van der Waals surface area contributed by atoms with Crippen LogP contribution in [0.25, 0.3) is 5.52 Å². The molecule has 0 bridgehead atoms. The number of aromatic nitrogens is 2. The highest BCUT2D eigenvalue weighted by Crippen LogP contribution is 2.34. The summed E-state index contributed by atoms with van der Waals surface area (Å²) in [6, 6.07) is 15.7. The van der Waals surface area contributed by atoms with Crippen molar-refractivity contribution in [2.24, 2.45) is 0 Å². The van der Waals surface area contributed by atoms with Crippen LogP contribution in [-0.2, 0) is 12.0 Å². The number of amides is 1. The molecule has 1 saturated heterocycles. The molecule has 0 unspecified atom stereocenters. The average Bonchev–Trinajstić information content (AvgIpc) is 2.92. The van der Waals surface area contributed by atoms with Crippen molar-refractivity contribution in [1.82, 2.24) is 19.6 Å². The Morgan fingerprint density at radius 2 is 1.94 bits per heavy atom. The van der Waals surface area contributed by atoms with Crippen molar-refractivity contribution >= 4 is 27.4 Å². The molecule has 0 aromatic carbocycles. The molecule has 1 N–H and O–H groups in total. The summed E-state index contributed by atoms with van der Waals surface area (Å²) in [5.74, 6) is -0.312. The first-order valence-electron chi connectivity index (χ1n) is 12.6. The Morgan fingerprint density at radius 3 is 2.67 bits per heavy atom. The molecule has 8 heteroatoms. The maximum atomic E-state index is 13.3. The Morgan fingerprint density at radius 1 is 1.17 bits per heavy atom. The van der Waals surface area contributed by atoms with E-state index in [0.717, 1.165) is 55.5 Å². The topological polar surface area (TPSA) is 90.5 Å². The first-order valence-corrected chi connectivity index (χ1v) is 13.6. The van der Waals surface area contributed by atoms with Crippen molar-refractivity contribution in [3.8, 4) is 6.07 Å². The maximum Gasteiger partial charge on any atom is 0.267 e. The van der Waals surface area contributed by atoms with E-state index in [1.807, 2.05) is 36.4 Å². The largest absolute Gasteiger partial charge is 0.348 e. The van der Waals surface area contributed by atoms with E-state index in [1.54, 1.807) is 22.9 Å². The molecular formula is C28H30BrN5O2. The van der Waals surface area contributed by atoms with Gasteiger partial charge < -0.3 is 5.32 Å². The van der Waals surface area contributed by atoms with Crippen LogP contribution in [0.2, 0.25) is 0 Å². The second-order valence-electron chi connectivity index (χ2n) is 9.91. The van der Waals surface area contributed by atoms with Gasteiger partial charge in [-0.05, 0) is 61.6 Å². The van der Waals surface area contributed by atoms with E-state index < -0.39 is 5.41 Å². The highest BCUT2D eigenvalue weighted by Gasteiger charge is 2.37. The van der Waals surface area contributed by atoms with Gasteiger partial charge in [0.25, 0.3) is 11.5 Å². The number of likely N-dealkylation sites (tertiary alicyclic amines) is 1. The predicted octanol–water partition coefficient (Wildman–Crippen LogP) is 4.19. The fraction of sp³-hybridized carbons (Fsp3) is 0.429. The molecule has 186 valence electrons. The average molecular weight is 548 g/mol. The van der Waals surface area contributed by atoms with E-state index in [1.165, 1.54) is 0 Å². The van der Waals surface area contributed by atoms with Crippen LogP contribution in [0.3, 0.4) is 0 Å². The van der Waals surface area contributed by atoms with E-state index in [-0.39, 0.29) is 27.9 Å². The third-order valence-corrected chi connectivity index (χ3v) is 8.77. The summed E-state index contributed by atoms with van der Waals surface area (Å²) in [6.07, 6.45) is 9.00. The molecule has 2 fully saturated rings. The van der Waals surface area contributed by atoms with Crippen molar-refractivity contribution in [2.45, 2.75) is 61.4 Å². The second-order valence-corrected chi connectivity index (χ2v) is 11.1. The Balaban J connectivity index is 1.39. The number of hydrogen-bond donors (Lipinski definition) is 1. The van der Waals surface area contributed by atoms with Crippen LogP contribution in [0.5, 0.6) is 0 Å². The van der Waals surface area contributed by atoms with E-state index in [2.05, 4.69) is 37.2 Å². The van der Waals surface area contributed by atoms with Crippen molar-refractivity contribution in [3.63, 3.8) is 0 Å². The molecule has 1 amide bonds. The fourth-order valence-corrected chi connectivity index (χ4v) is 6.23. The van der Waals surface area contributed by atoms with Crippen LogP contribution in [0, 0.1) is 11.3 Å². The highest BCUT2D eigenvalue weighted by atomic mass is 79.9. The molecule has 1 aliphatic carbocycles. The lowest BCUT2D eigenvalue weighted by molar-refractivity contribution is 0.0928. The number of nitriles is 1. The number of rotatable bonds is 5. The Bertz CT molecular complexity index is 1340. The molecule has 1 saturated carbocycles. The van der Waals surface area contributed by atoms with Gasteiger partial charge in [-0.3, -0.25) is 23.9 Å². The van der Waals surface area contributed by atoms with Crippen LogP contribution in [0.4, 0.5) is 0 Å². The lowest BCUT2D eigenvalue weighted by Crippen LogP contribution is -2.44. The fourth-order valence-electron chi connectivity index (χ4n) is 5.51. The third kappa shape index (κ3) is 4.82. The number of carbonyl (C=O) groups is 1. The number of fused-ring (bicyclic) bond motifs is 1. The van der Waals surface area contributed by atoms with Gasteiger partial charge in [-0.1, -0.05) is 40.9 Å². The van der Waals surface area contributed by atoms with Crippen LogP contribution in [0.1, 0.15) is 60.1 Å². The molecule has 0 radical (unpaired) electrons. The van der Waals surface area contributed by atoms with Gasteiger partial charge in [-0.2, -0.15) is 5.26 Å². The molecule has 1 aliphatic heterocycles. The first kappa shape index (κ1) is 24.7. The van der Waals surface area contributed by atoms with E-state index in [9.17, 15) is 14.9 Å². The van der Waals surface area contributed by atoms with E-state index in [4.69, 9.17) is 0 Å². The summed E-state index contributed by atoms with van der Waals surface area (Å²) in [7, 11) is 0. The molecule has 0 spiro atoms. The monoisotopic (exact) mass is 547 g/mol. The van der Waals surface area contributed by atoms with Crippen molar-refractivity contribution < 1.29 is 4.79 Å². The van der Waals surface area contributed by atoms with Gasteiger partial charge in [0.1, 0.15) is 11.0 Å². The number of halogens is 1. The molecule has 2 atom stereocenters. The van der Waals surface area contributed by atoms with Crippen LogP contribution < -0.4 is 10.9 Å². The second kappa shape index (κ2) is 10.5. The molecule has 4 heterocycles. The number of alkyl halides is 1. The SMILES string of the molecule is N#CC1(c2ccccn2)CCN(Cc2cc(C(=O)N[C@@H]3CCCC[C@H]3Br)c(=O)n3ccccc23)CC1. The summed E-state index contributed by atoms with van der Waals surface area (Å²) in [6.45, 7) is 2.07. The Labute approximate surface area is 219 Å². The number of nitrogens with one attached hydrogen (secondary N) is 1. The van der Waals surface area contributed by atoms with Gasteiger partial charge in [-0.25, -0.2) is 0 Å². The normalized spacial score (nSPS) is 22.1. The minimum atomic E-state index is -0.579. The zero-order chi connectivity index (χ0) is 25.1. The lowest BCUT2D eigenvalue weighted by atomic mass is 9.76. The first-order chi connectivity index (χ1) is 17.5. The molecule has 2 aliphatic rings. The highest BCUT2D eigenvalue weighted by molar-refractivity contribution is 9.09. The predicted molar refractivity (Wildman–Crippen MR) is 142 cm³/mol. The molecule has 3 aromatic rings. The molecule has 7 nitrogen and oxygen atoms in total. The Kier molecular flexibility index (Phi) is 7.22. The quantitative estimate of drug-likeness (QED) is 0.483. The number of nitrogens with zero attached hydrogens (tertiary/aromatic N) is 4.